The molecule has 2 fully saturated rings. The molecule has 116 valence electrons. The summed E-state index contributed by atoms with van der Waals surface area (Å²) in [5.41, 5.74) is 2.00. The molecule has 1 saturated heterocycles. The molecule has 2 heterocycles. The quantitative estimate of drug-likeness (QED) is 0.800. The predicted octanol–water partition coefficient (Wildman–Crippen LogP) is 3.57. The van der Waals surface area contributed by atoms with Crippen LogP contribution in [0.15, 0.2) is 11.1 Å². The van der Waals surface area contributed by atoms with E-state index in [1.54, 1.807) is 0 Å². The van der Waals surface area contributed by atoms with E-state index in [0.29, 0.717) is 22.1 Å². The van der Waals surface area contributed by atoms with Gasteiger partial charge in [0.15, 0.2) is 0 Å². The van der Waals surface area contributed by atoms with Gasteiger partial charge in [-0.2, -0.15) is 5.26 Å². The predicted molar refractivity (Wildman–Crippen MR) is 87.1 cm³/mol. The minimum atomic E-state index is 0.0121. The first-order valence-electron chi connectivity index (χ1n) is 8.03. The van der Waals surface area contributed by atoms with Gasteiger partial charge in [-0.25, -0.2) is 4.98 Å². The van der Waals surface area contributed by atoms with E-state index >= 15 is 0 Å². The van der Waals surface area contributed by atoms with E-state index in [-0.39, 0.29) is 5.91 Å². The molecular formula is C17H21N3OS. The number of hydrogen-bond acceptors (Lipinski definition) is 4. The molecule has 0 atom stereocenters. The zero-order chi connectivity index (χ0) is 15.5. The normalized spacial score (nSPS) is 18.6. The maximum absolute atomic E-state index is 12.9. The number of thioether (sulfide) groups is 1. The summed E-state index contributed by atoms with van der Waals surface area (Å²) < 4.78 is 0. The summed E-state index contributed by atoms with van der Waals surface area (Å²) in [7, 11) is 0. The summed E-state index contributed by atoms with van der Waals surface area (Å²) in [6, 6.07) is 4.08. The molecule has 0 aromatic carbocycles. The molecule has 0 N–H and O–H groups in total. The van der Waals surface area contributed by atoms with Crippen molar-refractivity contribution < 1.29 is 4.79 Å². The molecule has 0 spiro atoms. The van der Waals surface area contributed by atoms with Gasteiger partial charge in [-0.05, 0) is 38.0 Å². The highest BCUT2D eigenvalue weighted by Crippen LogP contribution is 2.40. The number of carbonyl (C=O) groups excluding carboxylic acids is 1. The Balaban J connectivity index is 1.98. The van der Waals surface area contributed by atoms with Crippen molar-refractivity contribution >= 4 is 17.7 Å². The second kappa shape index (κ2) is 6.70. The SMILES string of the molecule is CSc1nc(C2CC2)cc(C(=O)N2CCCCCC2)c1C#N. The monoisotopic (exact) mass is 315 g/mol. The van der Waals surface area contributed by atoms with Crippen LogP contribution in [-0.4, -0.2) is 35.1 Å². The maximum Gasteiger partial charge on any atom is 0.255 e. The molecule has 1 aliphatic carbocycles. The Hall–Kier alpha value is -1.54. The van der Waals surface area contributed by atoms with Crippen LogP contribution in [0.3, 0.4) is 0 Å². The molecular weight excluding hydrogens is 294 g/mol. The van der Waals surface area contributed by atoms with Crippen LogP contribution in [0.1, 0.15) is 66.1 Å². The van der Waals surface area contributed by atoms with Crippen molar-refractivity contribution in [1.82, 2.24) is 9.88 Å². The number of pyridine rings is 1. The second-order valence-electron chi connectivity index (χ2n) is 6.07. The molecule has 0 bridgehead atoms. The Kier molecular flexibility index (Phi) is 4.68. The van der Waals surface area contributed by atoms with Crippen LogP contribution >= 0.6 is 11.8 Å². The molecule has 22 heavy (non-hydrogen) atoms. The van der Waals surface area contributed by atoms with E-state index in [4.69, 9.17) is 0 Å². The van der Waals surface area contributed by atoms with Gasteiger partial charge in [0.25, 0.3) is 5.91 Å². The van der Waals surface area contributed by atoms with Crippen molar-refractivity contribution in [3.05, 3.63) is 22.9 Å². The first-order chi connectivity index (χ1) is 10.7. The molecule has 3 rings (SSSR count). The number of hydrogen-bond donors (Lipinski definition) is 0. The molecule has 1 amide bonds. The maximum atomic E-state index is 12.9. The van der Waals surface area contributed by atoms with Crippen molar-refractivity contribution in [2.75, 3.05) is 19.3 Å². The summed E-state index contributed by atoms with van der Waals surface area (Å²) in [5, 5.41) is 10.2. The Labute approximate surface area is 135 Å². The third-order valence-electron chi connectivity index (χ3n) is 4.43. The standard InChI is InChI=1S/C17H21N3OS/c1-22-16-14(11-18)13(10-15(19-16)12-6-7-12)17(21)20-8-4-2-3-5-9-20/h10,12H,2-9H2,1H3. The summed E-state index contributed by atoms with van der Waals surface area (Å²) in [6.45, 7) is 1.61. The van der Waals surface area contributed by atoms with Crippen LogP contribution in [-0.2, 0) is 0 Å². The molecule has 4 nitrogen and oxygen atoms in total. The lowest BCUT2D eigenvalue weighted by Gasteiger charge is -2.21. The Morgan fingerprint density at radius 1 is 1.32 bits per heavy atom. The lowest BCUT2D eigenvalue weighted by atomic mass is 10.1. The summed E-state index contributed by atoms with van der Waals surface area (Å²) in [4.78, 5) is 19.5. The van der Waals surface area contributed by atoms with Gasteiger partial charge in [-0.1, -0.05) is 12.8 Å². The summed E-state index contributed by atoms with van der Waals surface area (Å²) >= 11 is 1.46. The number of amides is 1. The Morgan fingerprint density at radius 2 is 2.00 bits per heavy atom. The molecule has 1 aliphatic heterocycles. The van der Waals surface area contributed by atoms with Crippen LogP contribution in [0.2, 0.25) is 0 Å². The van der Waals surface area contributed by atoms with E-state index in [1.807, 2.05) is 17.2 Å². The first kappa shape index (κ1) is 15.4. The Bertz CT molecular complexity index is 611. The molecule has 0 radical (unpaired) electrons. The zero-order valence-electron chi connectivity index (χ0n) is 13.0. The van der Waals surface area contributed by atoms with Crippen molar-refractivity contribution in [3.8, 4) is 6.07 Å². The summed E-state index contributed by atoms with van der Waals surface area (Å²) in [5.74, 6) is 0.493. The molecule has 2 aliphatic rings. The van der Waals surface area contributed by atoms with Crippen LogP contribution < -0.4 is 0 Å². The van der Waals surface area contributed by atoms with E-state index in [1.165, 1.54) is 24.6 Å². The van der Waals surface area contributed by atoms with E-state index < -0.39 is 0 Å². The third-order valence-corrected chi connectivity index (χ3v) is 5.11. The van der Waals surface area contributed by atoms with Gasteiger partial charge in [0.1, 0.15) is 11.1 Å². The van der Waals surface area contributed by atoms with Gasteiger partial charge in [0.05, 0.1) is 11.1 Å². The number of nitriles is 1. The first-order valence-corrected chi connectivity index (χ1v) is 9.25. The average Bonchev–Trinajstić information content (AvgIpc) is 3.38. The fourth-order valence-corrected chi connectivity index (χ4v) is 3.55. The van der Waals surface area contributed by atoms with Crippen molar-refractivity contribution in [3.63, 3.8) is 0 Å². The van der Waals surface area contributed by atoms with Gasteiger partial charge in [-0.3, -0.25) is 4.79 Å². The van der Waals surface area contributed by atoms with Crippen molar-refractivity contribution in [2.45, 2.75) is 49.5 Å². The minimum Gasteiger partial charge on any atom is -0.339 e. The largest absolute Gasteiger partial charge is 0.339 e. The van der Waals surface area contributed by atoms with Gasteiger partial charge in [0.2, 0.25) is 0 Å². The van der Waals surface area contributed by atoms with Crippen LogP contribution in [0.25, 0.3) is 0 Å². The van der Waals surface area contributed by atoms with Crippen LogP contribution in [0.4, 0.5) is 0 Å². The third kappa shape index (κ3) is 3.12. The van der Waals surface area contributed by atoms with Crippen LogP contribution in [0, 0.1) is 11.3 Å². The van der Waals surface area contributed by atoms with Gasteiger partial charge in [-0.15, -0.1) is 11.8 Å². The van der Waals surface area contributed by atoms with Crippen LogP contribution in [0.5, 0.6) is 0 Å². The Morgan fingerprint density at radius 3 is 2.55 bits per heavy atom. The minimum absolute atomic E-state index is 0.0121. The average molecular weight is 315 g/mol. The molecule has 1 aromatic rings. The van der Waals surface area contributed by atoms with E-state index in [2.05, 4.69) is 11.1 Å². The lowest BCUT2D eigenvalue weighted by Crippen LogP contribution is -2.32. The fourth-order valence-electron chi connectivity index (χ4n) is 3.00. The highest BCUT2D eigenvalue weighted by atomic mass is 32.2. The van der Waals surface area contributed by atoms with Gasteiger partial charge in [0, 0.05) is 24.7 Å². The number of likely N-dealkylation sites (tertiary alicyclic amines) is 1. The van der Waals surface area contributed by atoms with Gasteiger partial charge < -0.3 is 4.90 Å². The molecule has 5 heteroatoms. The molecule has 1 aromatic heterocycles. The molecule has 0 unspecified atom stereocenters. The van der Waals surface area contributed by atoms with Gasteiger partial charge >= 0.3 is 0 Å². The zero-order valence-corrected chi connectivity index (χ0v) is 13.8. The number of aromatic nitrogens is 1. The topological polar surface area (TPSA) is 57.0 Å². The van der Waals surface area contributed by atoms with E-state index in [0.717, 1.165) is 44.5 Å². The molecule has 1 saturated carbocycles. The van der Waals surface area contributed by atoms with Crippen molar-refractivity contribution in [1.29, 1.82) is 5.26 Å². The number of carbonyl (C=O) groups is 1. The number of rotatable bonds is 3. The summed E-state index contributed by atoms with van der Waals surface area (Å²) in [6.07, 6.45) is 8.70. The second-order valence-corrected chi connectivity index (χ2v) is 6.87. The number of nitrogens with zero attached hydrogens (tertiary/aromatic N) is 3. The lowest BCUT2D eigenvalue weighted by molar-refractivity contribution is 0.0760. The highest BCUT2D eigenvalue weighted by molar-refractivity contribution is 7.98. The smallest absolute Gasteiger partial charge is 0.255 e. The van der Waals surface area contributed by atoms with Crippen molar-refractivity contribution in [2.24, 2.45) is 0 Å². The highest BCUT2D eigenvalue weighted by Gasteiger charge is 2.29. The van der Waals surface area contributed by atoms with E-state index in [9.17, 15) is 10.1 Å². The fraction of sp³-hybridized carbons (Fsp3) is 0.588.